The van der Waals surface area contributed by atoms with Crippen LogP contribution in [0.2, 0.25) is 0 Å². The van der Waals surface area contributed by atoms with Crippen molar-refractivity contribution >= 4 is 5.91 Å². The number of hydrogen-bond acceptors (Lipinski definition) is 6. The summed E-state index contributed by atoms with van der Waals surface area (Å²) in [5.41, 5.74) is 1.22. The molecule has 3 rings (SSSR count). The zero-order valence-corrected chi connectivity index (χ0v) is 13.7. The molecule has 9 nitrogen and oxygen atoms in total. The monoisotopic (exact) mass is 330 g/mol. The van der Waals surface area contributed by atoms with Crippen LogP contribution in [0.15, 0.2) is 29.0 Å². The maximum atomic E-state index is 12.2. The minimum Gasteiger partial charge on any atom is -0.479 e. The van der Waals surface area contributed by atoms with Crippen LogP contribution in [0.25, 0.3) is 11.5 Å². The van der Waals surface area contributed by atoms with Gasteiger partial charge in [-0.15, -0.1) is 5.10 Å². The van der Waals surface area contributed by atoms with Gasteiger partial charge >= 0.3 is 0 Å². The topological polar surface area (TPSA) is 100 Å². The molecule has 0 saturated carbocycles. The summed E-state index contributed by atoms with van der Waals surface area (Å²) in [5.74, 6) is 0.758. The van der Waals surface area contributed by atoms with Crippen LogP contribution in [-0.4, -0.2) is 37.5 Å². The molecule has 3 aromatic rings. The first-order chi connectivity index (χ1) is 11.6. The highest BCUT2D eigenvalue weighted by molar-refractivity contribution is 5.96. The lowest BCUT2D eigenvalue weighted by Crippen LogP contribution is -2.23. The van der Waals surface area contributed by atoms with E-state index < -0.39 is 0 Å². The summed E-state index contributed by atoms with van der Waals surface area (Å²) in [5, 5.41) is 10.7. The minimum atomic E-state index is -0.323. The average molecular weight is 330 g/mol. The van der Waals surface area contributed by atoms with Gasteiger partial charge in [0.2, 0.25) is 17.6 Å². The molecule has 0 unspecified atom stereocenters. The van der Waals surface area contributed by atoms with E-state index in [0.29, 0.717) is 17.3 Å². The van der Waals surface area contributed by atoms with Crippen LogP contribution in [0.5, 0.6) is 5.88 Å². The van der Waals surface area contributed by atoms with Gasteiger partial charge in [0, 0.05) is 26.0 Å². The van der Waals surface area contributed by atoms with Gasteiger partial charge in [0.1, 0.15) is 5.56 Å². The molecule has 0 atom stereocenters. The van der Waals surface area contributed by atoms with Crippen molar-refractivity contribution < 1.29 is 14.1 Å². The van der Waals surface area contributed by atoms with E-state index in [4.69, 9.17) is 9.26 Å². The van der Waals surface area contributed by atoms with Crippen molar-refractivity contribution in [2.24, 2.45) is 7.05 Å². The number of nitrogens with one attached hydrogen (secondary N) is 1. The third-order valence-corrected chi connectivity index (χ3v) is 3.50. The van der Waals surface area contributed by atoms with Gasteiger partial charge in [0.25, 0.3) is 5.91 Å². The van der Waals surface area contributed by atoms with Gasteiger partial charge in [-0.2, -0.15) is 4.98 Å². The number of methoxy groups -OCH3 is 1. The predicted molar refractivity (Wildman–Crippen MR) is 84.3 cm³/mol. The Balaban J connectivity index is 1.68. The lowest BCUT2D eigenvalue weighted by molar-refractivity contribution is 0.0943. The number of nitrogens with zero attached hydrogens (tertiary/aromatic N) is 5. The van der Waals surface area contributed by atoms with Gasteiger partial charge in [0.05, 0.1) is 19.3 Å². The Kier molecular flexibility index (Phi) is 4.32. The molecule has 0 radical (unpaired) electrons. The average Bonchev–Trinajstić information content (AvgIpc) is 3.30. The van der Waals surface area contributed by atoms with Gasteiger partial charge in [0.15, 0.2) is 0 Å². The zero-order chi connectivity index (χ0) is 17.1. The molecule has 3 heterocycles. The molecule has 24 heavy (non-hydrogen) atoms. The third kappa shape index (κ3) is 3.00. The molecule has 1 N–H and O–H groups in total. The number of carbonyl (C=O) groups is 1. The Hall–Kier alpha value is -3.10. The fraction of sp³-hybridized carbons (Fsp3) is 0.333. The third-order valence-electron chi connectivity index (χ3n) is 3.50. The van der Waals surface area contributed by atoms with E-state index in [9.17, 15) is 4.79 Å². The summed E-state index contributed by atoms with van der Waals surface area (Å²) >= 11 is 0. The number of aromatic nitrogens is 5. The molecule has 0 bridgehead atoms. The zero-order valence-electron chi connectivity index (χ0n) is 13.7. The van der Waals surface area contributed by atoms with E-state index in [2.05, 4.69) is 20.6 Å². The molecule has 9 heteroatoms. The van der Waals surface area contributed by atoms with Crippen LogP contribution in [-0.2, 0) is 20.1 Å². The SMILES string of the molecule is CCn1cccc1-c1noc(CNC(=O)c2cn(C)nc2OC)n1. The highest BCUT2D eigenvalue weighted by Gasteiger charge is 2.17. The van der Waals surface area contributed by atoms with Gasteiger partial charge in [-0.3, -0.25) is 9.48 Å². The molecular weight excluding hydrogens is 312 g/mol. The number of ether oxygens (including phenoxy) is 1. The highest BCUT2D eigenvalue weighted by Crippen LogP contribution is 2.17. The second-order valence-corrected chi connectivity index (χ2v) is 5.10. The second kappa shape index (κ2) is 6.57. The first-order valence-electron chi connectivity index (χ1n) is 7.46. The summed E-state index contributed by atoms with van der Waals surface area (Å²) in [6.07, 6.45) is 3.53. The summed E-state index contributed by atoms with van der Waals surface area (Å²) < 4.78 is 13.8. The molecule has 0 spiro atoms. The smallest absolute Gasteiger partial charge is 0.258 e. The molecule has 0 aliphatic heterocycles. The van der Waals surface area contributed by atoms with E-state index in [1.165, 1.54) is 11.8 Å². The molecular formula is C15H18N6O3. The maximum absolute atomic E-state index is 12.2. The lowest BCUT2D eigenvalue weighted by Gasteiger charge is -2.01. The Morgan fingerprint density at radius 3 is 3.04 bits per heavy atom. The van der Waals surface area contributed by atoms with Crippen LogP contribution in [0.4, 0.5) is 0 Å². The quantitative estimate of drug-likeness (QED) is 0.729. The van der Waals surface area contributed by atoms with Crippen LogP contribution >= 0.6 is 0 Å². The van der Waals surface area contributed by atoms with E-state index in [1.54, 1.807) is 13.2 Å². The second-order valence-electron chi connectivity index (χ2n) is 5.10. The normalized spacial score (nSPS) is 10.8. The van der Waals surface area contributed by atoms with Gasteiger partial charge < -0.3 is 19.1 Å². The number of carbonyl (C=O) groups excluding carboxylic acids is 1. The summed E-state index contributed by atoms with van der Waals surface area (Å²) in [7, 11) is 3.18. The van der Waals surface area contributed by atoms with Crippen LogP contribution < -0.4 is 10.1 Å². The first kappa shape index (κ1) is 15.8. The summed E-state index contributed by atoms with van der Waals surface area (Å²) in [6, 6.07) is 3.84. The van der Waals surface area contributed by atoms with Crippen LogP contribution in [0.3, 0.4) is 0 Å². The Morgan fingerprint density at radius 1 is 1.46 bits per heavy atom. The molecule has 3 aromatic heterocycles. The fourth-order valence-corrected chi connectivity index (χ4v) is 2.35. The fourth-order valence-electron chi connectivity index (χ4n) is 2.35. The van der Waals surface area contributed by atoms with Crippen molar-refractivity contribution in [1.29, 1.82) is 0 Å². The number of rotatable bonds is 6. The Bertz CT molecular complexity index is 847. The largest absolute Gasteiger partial charge is 0.479 e. The van der Waals surface area contributed by atoms with E-state index in [0.717, 1.165) is 12.2 Å². The van der Waals surface area contributed by atoms with E-state index >= 15 is 0 Å². The highest BCUT2D eigenvalue weighted by atomic mass is 16.5. The van der Waals surface area contributed by atoms with Crippen molar-refractivity contribution in [3.63, 3.8) is 0 Å². The van der Waals surface area contributed by atoms with Gasteiger partial charge in [-0.05, 0) is 19.1 Å². The predicted octanol–water partition coefficient (Wildman–Crippen LogP) is 1.23. The molecule has 126 valence electrons. The van der Waals surface area contributed by atoms with E-state index in [1.807, 2.05) is 29.8 Å². The van der Waals surface area contributed by atoms with E-state index in [-0.39, 0.29) is 18.3 Å². The van der Waals surface area contributed by atoms with Crippen LogP contribution in [0.1, 0.15) is 23.2 Å². The number of hydrogen-bond donors (Lipinski definition) is 1. The van der Waals surface area contributed by atoms with Crippen molar-refractivity contribution in [3.05, 3.63) is 36.0 Å². The summed E-state index contributed by atoms with van der Waals surface area (Å²) in [6.45, 7) is 2.96. The standard InChI is InChI=1S/C15H18N6O3/c1-4-21-7-5-6-11(21)13-17-12(24-19-13)8-16-14(22)10-9-20(2)18-15(10)23-3/h5-7,9H,4,8H2,1-3H3,(H,16,22). The lowest BCUT2D eigenvalue weighted by atomic mass is 10.3. The van der Waals surface area contributed by atoms with Gasteiger partial charge in [-0.25, -0.2) is 0 Å². The van der Waals surface area contributed by atoms with Crippen molar-refractivity contribution in [2.45, 2.75) is 20.0 Å². The van der Waals surface area contributed by atoms with Gasteiger partial charge in [-0.1, -0.05) is 5.16 Å². The first-order valence-corrected chi connectivity index (χ1v) is 7.46. The minimum absolute atomic E-state index is 0.122. The number of aryl methyl sites for hydroxylation is 2. The molecule has 0 saturated heterocycles. The Morgan fingerprint density at radius 2 is 2.29 bits per heavy atom. The van der Waals surface area contributed by atoms with Crippen molar-refractivity contribution in [1.82, 2.24) is 29.8 Å². The summed E-state index contributed by atoms with van der Waals surface area (Å²) in [4.78, 5) is 16.5. The molecule has 0 aliphatic carbocycles. The van der Waals surface area contributed by atoms with Crippen molar-refractivity contribution in [3.8, 4) is 17.4 Å². The maximum Gasteiger partial charge on any atom is 0.258 e. The number of amides is 1. The molecule has 0 fully saturated rings. The van der Waals surface area contributed by atoms with Crippen LogP contribution in [0, 0.1) is 0 Å². The molecule has 0 aromatic carbocycles. The molecule has 0 aliphatic rings. The Labute approximate surface area is 138 Å². The van der Waals surface area contributed by atoms with Crippen molar-refractivity contribution in [2.75, 3.05) is 7.11 Å². The molecule has 1 amide bonds.